The van der Waals surface area contributed by atoms with E-state index >= 15 is 0 Å². The molecule has 1 aliphatic carbocycles. The molecule has 1 atom stereocenters. The standard InChI is InChI=1S/C26H42N3OP/c1-19(2)28(20(3)4)31-27-25(26(5,6)7)18-24(21-14-16-23(30-8)17-15-21)29(31)22-12-10-9-11-13-22/h14-20,22H,9-13H2,1-8H3. The van der Waals surface area contributed by atoms with Gasteiger partial charge in [-0.25, -0.2) is 9.43 Å². The first-order chi connectivity index (χ1) is 14.6. The molecule has 172 valence electrons. The maximum atomic E-state index is 5.49. The molecule has 1 aromatic rings. The third kappa shape index (κ3) is 5.52. The Morgan fingerprint density at radius 3 is 2.06 bits per heavy atom. The third-order valence-electron chi connectivity index (χ3n) is 6.25. The smallest absolute Gasteiger partial charge is 0.199 e. The van der Waals surface area contributed by atoms with Crippen LogP contribution in [-0.4, -0.2) is 40.3 Å². The van der Waals surface area contributed by atoms with E-state index in [1.54, 1.807) is 7.11 Å². The van der Waals surface area contributed by atoms with E-state index in [0.29, 0.717) is 18.1 Å². The molecule has 1 aliphatic heterocycles. The van der Waals surface area contributed by atoms with Crippen LogP contribution in [0.3, 0.4) is 0 Å². The predicted octanol–water partition coefficient (Wildman–Crippen LogP) is 7.52. The summed E-state index contributed by atoms with van der Waals surface area (Å²) in [6.45, 7) is 16.1. The van der Waals surface area contributed by atoms with Crippen LogP contribution in [0.5, 0.6) is 5.75 Å². The van der Waals surface area contributed by atoms with Gasteiger partial charge in [-0.05, 0) is 76.4 Å². The molecule has 1 unspecified atom stereocenters. The minimum absolute atomic E-state index is 0.0105. The number of rotatable bonds is 6. The first kappa shape index (κ1) is 24.3. The van der Waals surface area contributed by atoms with Crippen molar-refractivity contribution < 1.29 is 4.74 Å². The average molecular weight is 444 g/mol. The van der Waals surface area contributed by atoms with Crippen molar-refractivity contribution >= 4 is 19.8 Å². The maximum Gasteiger partial charge on any atom is 0.199 e. The highest BCUT2D eigenvalue weighted by atomic mass is 31.1. The van der Waals surface area contributed by atoms with Crippen LogP contribution in [0.4, 0.5) is 0 Å². The fourth-order valence-electron chi connectivity index (χ4n) is 4.65. The molecule has 1 heterocycles. The molecule has 4 nitrogen and oxygen atoms in total. The van der Waals surface area contributed by atoms with Gasteiger partial charge in [0.05, 0.1) is 18.5 Å². The summed E-state index contributed by atoms with van der Waals surface area (Å²) in [5.41, 5.74) is 3.83. The second kappa shape index (κ2) is 10.0. The van der Waals surface area contributed by atoms with E-state index in [0.717, 1.165) is 5.75 Å². The van der Waals surface area contributed by atoms with Crippen molar-refractivity contribution in [2.24, 2.45) is 10.2 Å². The minimum Gasteiger partial charge on any atom is -0.497 e. The van der Waals surface area contributed by atoms with Gasteiger partial charge in [0.25, 0.3) is 0 Å². The van der Waals surface area contributed by atoms with Gasteiger partial charge in [0.2, 0.25) is 0 Å². The van der Waals surface area contributed by atoms with Crippen LogP contribution in [-0.2, 0) is 0 Å². The number of hydrogen-bond acceptors (Lipinski definition) is 4. The Morgan fingerprint density at radius 1 is 1.00 bits per heavy atom. The molecule has 5 heteroatoms. The lowest BCUT2D eigenvalue weighted by Gasteiger charge is -2.49. The van der Waals surface area contributed by atoms with E-state index in [1.807, 2.05) is 0 Å². The van der Waals surface area contributed by atoms with Gasteiger partial charge in [-0.2, -0.15) is 0 Å². The average Bonchev–Trinajstić information content (AvgIpc) is 2.72. The summed E-state index contributed by atoms with van der Waals surface area (Å²) in [6, 6.07) is 10.0. The van der Waals surface area contributed by atoms with E-state index in [4.69, 9.17) is 9.50 Å². The van der Waals surface area contributed by atoms with Gasteiger partial charge in [0.1, 0.15) is 5.75 Å². The largest absolute Gasteiger partial charge is 0.497 e. The number of hydrogen-bond donors (Lipinski definition) is 0. The van der Waals surface area contributed by atoms with E-state index in [-0.39, 0.29) is 5.41 Å². The normalized spacial score (nSPS) is 21.0. The van der Waals surface area contributed by atoms with E-state index in [9.17, 15) is 0 Å². The lowest BCUT2D eigenvalue weighted by molar-refractivity contribution is 0.273. The van der Waals surface area contributed by atoms with Gasteiger partial charge in [-0.15, -0.1) is 0 Å². The lowest BCUT2D eigenvalue weighted by Crippen LogP contribution is -2.43. The van der Waals surface area contributed by atoms with Crippen molar-refractivity contribution in [3.8, 4) is 5.75 Å². The molecule has 1 saturated carbocycles. The van der Waals surface area contributed by atoms with Gasteiger partial charge in [0.15, 0.2) is 8.37 Å². The van der Waals surface area contributed by atoms with Crippen LogP contribution < -0.4 is 4.74 Å². The summed E-state index contributed by atoms with van der Waals surface area (Å²) < 4.78 is 16.3. The highest BCUT2D eigenvalue weighted by Gasteiger charge is 2.40. The van der Waals surface area contributed by atoms with Crippen LogP contribution in [0.1, 0.15) is 86.1 Å². The molecule has 0 N–H and O–H groups in total. The number of ether oxygens (including phenoxy) is 1. The second-order valence-electron chi connectivity index (χ2n) is 10.5. The van der Waals surface area contributed by atoms with Crippen LogP contribution >= 0.6 is 8.37 Å². The molecule has 31 heavy (non-hydrogen) atoms. The fourth-order valence-corrected chi connectivity index (χ4v) is 7.34. The molecule has 0 amide bonds. The lowest BCUT2D eigenvalue weighted by atomic mass is 9.88. The van der Waals surface area contributed by atoms with Crippen molar-refractivity contribution in [3.05, 3.63) is 35.9 Å². The quantitative estimate of drug-likeness (QED) is 0.426. The Bertz CT molecular complexity index is 778. The minimum atomic E-state index is -0.823. The summed E-state index contributed by atoms with van der Waals surface area (Å²) in [5, 5.41) is 0. The molecule has 3 rings (SSSR count). The highest BCUT2D eigenvalue weighted by Crippen LogP contribution is 2.58. The maximum absolute atomic E-state index is 5.49. The van der Waals surface area contributed by atoms with Gasteiger partial charge in [0, 0.05) is 23.5 Å². The van der Waals surface area contributed by atoms with Gasteiger partial charge >= 0.3 is 0 Å². The molecule has 2 aliphatic rings. The Kier molecular flexibility index (Phi) is 7.86. The van der Waals surface area contributed by atoms with E-state index in [2.05, 4.69) is 88.1 Å². The van der Waals surface area contributed by atoms with Crippen molar-refractivity contribution in [1.29, 1.82) is 0 Å². The Morgan fingerprint density at radius 2 is 1.58 bits per heavy atom. The molecule has 1 aromatic carbocycles. The number of nitrogens with zero attached hydrogens (tertiary/aromatic N) is 3. The molecule has 0 spiro atoms. The SMILES string of the molecule is COc1ccc(C2=CC(C(C)(C)C)=NP(N(C(C)C)C(C)C)N2C2CCCCC2)cc1. The van der Waals surface area contributed by atoms with E-state index < -0.39 is 8.37 Å². The second-order valence-corrected chi connectivity index (χ2v) is 12.1. The summed E-state index contributed by atoms with van der Waals surface area (Å²) >= 11 is 0. The number of benzene rings is 1. The van der Waals surface area contributed by atoms with Crippen molar-refractivity contribution in [1.82, 2.24) is 9.34 Å². The zero-order chi connectivity index (χ0) is 22.8. The summed E-state index contributed by atoms with van der Waals surface area (Å²) in [4.78, 5) is 0. The third-order valence-corrected chi connectivity index (χ3v) is 8.91. The molecule has 1 fully saturated rings. The van der Waals surface area contributed by atoms with E-state index in [1.165, 1.54) is 49.1 Å². The molecule has 0 saturated heterocycles. The van der Waals surface area contributed by atoms with Gasteiger partial charge in [-0.3, -0.25) is 0 Å². The molecule has 0 bridgehead atoms. The molecular weight excluding hydrogens is 401 g/mol. The number of allylic oxidation sites excluding steroid dienone is 1. The van der Waals surface area contributed by atoms with Gasteiger partial charge < -0.3 is 9.41 Å². The monoisotopic (exact) mass is 443 g/mol. The Hall–Kier alpha value is -1.38. The summed E-state index contributed by atoms with van der Waals surface area (Å²) in [5.74, 6) is 0.905. The Balaban J connectivity index is 2.16. The fraction of sp³-hybridized carbons (Fsp3) is 0.654. The first-order valence-corrected chi connectivity index (χ1v) is 13.2. The van der Waals surface area contributed by atoms with Crippen molar-refractivity contribution in [3.63, 3.8) is 0 Å². The van der Waals surface area contributed by atoms with Gasteiger partial charge in [-0.1, -0.05) is 40.0 Å². The van der Waals surface area contributed by atoms with Crippen LogP contribution in [0, 0.1) is 5.41 Å². The topological polar surface area (TPSA) is 28.1 Å². The summed E-state index contributed by atoms with van der Waals surface area (Å²) in [6.07, 6.45) is 8.89. The first-order valence-electron chi connectivity index (χ1n) is 12.0. The predicted molar refractivity (Wildman–Crippen MR) is 136 cm³/mol. The zero-order valence-corrected chi connectivity index (χ0v) is 21.7. The highest BCUT2D eigenvalue weighted by molar-refractivity contribution is 7.52. The van der Waals surface area contributed by atoms with Crippen LogP contribution in [0.25, 0.3) is 5.70 Å². The molecule has 0 radical (unpaired) electrons. The Labute approximate surface area is 191 Å². The van der Waals surface area contributed by atoms with Crippen molar-refractivity contribution in [2.75, 3.05) is 7.11 Å². The molecule has 0 aromatic heterocycles. The number of methoxy groups -OCH3 is 1. The molecular formula is C26H42N3OP. The van der Waals surface area contributed by atoms with Crippen molar-refractivity contribution in [2.45, 2.75) is 98.7 Å². The van der Waals surface area contributed by atoms with Crippen LogP contribution in [0.15, 0.2) is 35.1 Å². The summed E-state index contributed by atoms with van der Waals surface area (Å²) in [7, 11) is 0.909. The zero-order valence-electron chi connectivity index (χ0n) is 20.9. The van der Waals surface area contributed by atoms with Crippen LogP contribution in [0.2, 0.25) is 0 Å².